The fraction of sp³-hybridized carbons (Fsp3) is 0.435. The Morgan fingerprint density at radius 2 is 1.81 bits per heavy atom. The van der Waals surface area contributed by atoms with Crippen LogP contribution in [0.25, 0.3) is 5.65 Å². The lowest BCUT2D eigenvalue weighted by atomic mass is 10.2. The summed E-state index contributed by atoms with van der Waals surface area (Å²) in [6, 6.07) is 7.10. The van der Waals surface area contributed by atoms with Crippen LogP contribution in [0.15, 0.2) is 41.1 Å². The fourth-order valence-electron chi connectivity index (χ4n) is 4.09. The highest BCUT2D eigenvalue weighted by atomic mass is 16.3. The fourth-order valence-corrected chi connectivity index (χ4v) is 4.09. The maximum Gasteiger partial charge on any atom is 0.289 e. The molecule has 0 aromatic carbocycles. The van der Waals surface area contributed by atoms with Gasteiger partial charge in [-0.05, 0) is 37.6 Å². The van der Waals surface area contributed by atoms with E-state index in [4.69, 9.17) is 4.42 Å². The van der Waals surface area contributed by atoms with Gasteiger partial charge in [0, 0.05) is 46.0 Å². The molecular weight excluding hydrogens is 394 g/mol. The molecule has 2 amide bonds. The maximum atomic E-state index is 13.2. The molecule has 8 nitrogen and oxygen atoms in total. The molecule has 1 fully saturated rings. The number of aromatic nitrogens is 2. The average Bonchev–Trinajstić information content (AvgIpc) is 3.43. The summed E-state index contributed by atoms with van der Waals surface area (Å²) in [6.07, 6.45) is 5.60. The van der Waals surface area contributed by atoms with Crippen molar-refractivity contribution in [3.63, 3.8) is 0 Å². The highest BCUT2D eigenvalue weighted by molar-refractivity contribution is 5.95. The van der Waals surface area contributed by atoms with Crippen LogP contribution in [0.1, 0.15) is 46.4 Å². The minimum absolute atomic E-state index is 0.0273. The van der Waals surface area contributed by atoms with Gasteiger partial charge in [0.1, 0.15) is 11.5 Å². The Hall–Kier alpha value is -3.29. The van der Waals surface area contributed by atoms with Gasteiger partial charge in [-0.15, -0.1) is 0 Å². The number of imidazole rings is 1. The number of nitrogens with zero attached hydrogens (tertiary/aromatic N) is 5. The van der Waals surface area contributed by atoms with Gasteiger partial charge in [-0.2, -0.15) is 0 Å². The van der Waals surface area contributed by atoms with E-state index in [0.717, 1.165) is 36.5 Å². The van der Waals surface area contributed by atoms with Crippen LogP contribution in [-0.4, -0.2) is 70.8 Å². The molecule has 3 aromatic rings. The number of piperazine rings is 1. The number of hydrogen-bond acceptors (Lipinski definition) is 5. The molecule has 0 N–H and O–H groups in total. The van der Waals surface area contributed by atoms with Gasteiger partial charge < -0.3 is 19.1 Å². The number of hydrogen-bond donors (Lipinski definition) is 0. The maximum absolute atomic E-state index is 13.2. The normalized spacial score (nSPS) is 14.3. The van der Waals surface area contributed by atoms with Crippen LogP contribution >= 0.6 is 0 Å². The van der Waals surface area contributed by atoms with Crippen molar-refractivity contribution in [2.75, 3.05) is 44.7 Å². The van der Waals surface area contributed by atoms with E-state index in [1.54, 1.807) is 21.9 Å². The lowest BCUT2D eigenvalue weighted by Crippen LogP contribution is -2.50. The first-order valence-electron chi connectivity index (χ1n) is 10.8. The van der Waals surface area contributed by atoms with E-state index in [1.165, 1.54) is 6.26 Å². The summed E-state index contributed by atoms with van der Waals surface area (Å²) in [7, 11) is 2.07. The van der Waals surface area contributed by atoms with E-state index in [9.17, 15) is 9.59 Å². The van der Waals surface area contributed by atoms with Crippen molar-refractivity contribution < 1.29 is 14.0 Å². The molecule has 4 heterocycles. The number of carbonyl (C=O) groups is 2. The third-order valence-electron chi connectivity index (χ3n) is 5.80. The molecule has 3 aromatic heterocycles. The molecule has 1 aliphatic heterocycles. The van der Waals surface area contributed by atoms with Gasteiger partial charge in [0.2, 0.25) is 0 Å². The third kappa shape index (κ3) is 4.15. The molecule has 4 rings (SSSR count). The van der Waals surface area contributed by atoms with Crippen LogP contribution < -0.4 is 4.90 Å². The van der Waals surface area contributed by atoms with E-state index in [1.807, 2.05) is 29.7 Å². The van der Waals surface area contributed by atoms with Crippen LogP contribution in [0.3, 0.4) is 0 Å². The Balaban J connectivity index is 1.49. The lowest BCUT2D eigenvalue weighted by molar-refractivity contribution is 0.0518. The first kappa shape index (κ1) is 21.0. The zero-order chi connectivity index (χ0) is 22.0. The highest BCUT2D eigenvalue weighted by Crippen LogP contribution is 2.23. The molecule has 0 radical (unpaired) electrons. The average molecular weight is 424 g/mol. The minimum atomic E-state index is -0.132. The SMILES string of the molecule is CCCCN(C)c1c(C)nc2ccc(C(=O)N3CCN(C(=O)c4ccco4)CC3)cn12. The molecule has 0 spiro atoms. The minimum Gasteiger partial charge on any atom is -0.459 e. The Morgan fingerprint density at radius 1 is 1.10 bits per heavy atom. The van der Waals surface area contributed by atoms with Gasteiger partial charge in [-0.3, -0.25) is 14.0 Å². The number of anilines is 1. The van der Waals surface area contributed by atoms with E-state index in [-0.39, 0.29) is 11.8 Å². The first-order valence-corrected chi connectivity index (χ1v) is 10.8. The van der Waals surface area contributed by atoms with Crippen LogP contribution in [0.2, 0.25) is 0 Å². The van der Waals surface area contributed by atoms with Crippen LogP contribution in [-0.2, 0) is 0 Å². The molecule has 164 valence electrons. The second-order valence-electron chi connectivity index (χ2n) is 8.00. The van der Waals surface area contributed by atoms with Gasteiger partial charge in [0.25, 0.3) is 11.8 Å². The summed E-state index contributed by atoms with van der Waals surface area (Å²) >= 11 is 0. The number of aryl methyl sites for hydroxylation is 1. The molecular formula is C23H29N5O3. The Bertz CT molecular complexity index is 1060. The van der Waals surface area contributed by atoms with E-state index in [2.05, 4.69) is 23.9 Å². The molecule has 1 saturated heterocycles. The Kier molecular flexibility index (Phi) is 5.97. The molecule has 0 bridgehead atoms. The number of rotatable bonds is 6. The first-order chi connectivity index (χ1) is 15.0. The molecule has 0 aliphatic carbocycles. The second-order valence-corrected chi connectivity index (χ2v) is 8.00. The summed E-state index contributed by atoms with van der Waals surface area (Å²) in [5.74, 6) is 1.19. The summed E-state index contributed by atoms with van der Waals surface area (Å²) in [6.45, 7) is 7.08. The summed E-state index contributed by atoms with van der Waals surface area (Å²) < 4.78 is 7.21. The van der Waals surface area contributed by atoms with Gasteiger partial charge in [-0.1, -0.05) is 13.3 Å². The highest BCUT2D eigenvalue weighted by Gasteiger charge is 2.27. The predicted octanol–water partition coefficient (Wildman–Crippen LogP) is 3.07. The predicted molar refractivity (Wildman–Crippen MR) is 119 cm³/mol. The van der Waals surface area contributed by atoms with Crippen molar-refractivity contribution in [1.82, 2.24) is 19.2 Å². The Labute approximate surface area is 182 Å². The number of amides is 2. The second kappa shape index (κ2) is 8.83. The van der Waals surface area contributed by atoms with Gasteiger partial charge >= 0.3 is 0 Å². The molecule has 0 unspecified atom stereocenters. The zero-order valence-electron chi connectivity index (χ0n) is 18.4. The number of pyridine rings is 1. The van der Waals surface area contributed by atoms with Gasteiger partial charge in [0.05, 0.1) is 17.5 Å². The van der Waals surface area contributed by atoms with Gasteiger partial charge in [0.15, 0.2) is 5.76 Å². The molecule has 0 atom stereocenters. The largest absolute Gasteiger partial charge is 0.459 e. The topological polar surface area (TPSA) is 74.3 Å². The van der Waals surface area contributed by atoms with Crippen molar-refractivity contribution >= 4 is 23.3 Å². The van der Waals surface area contributed by atoms with Crippen LogP contribution in [0.4, 0.5) is 5.82 Å². The van der Waals surface area contributed by atoms with Crippen molar-refractivity contribution in [3.05, 3.63) is 53.7 Å². The standard InChI is InChI=1S/C23H29N5O3/c1-4-5-10-25(3)21-17(2)24-20-9-8-18(16-28(20)21)22(29)26-11-13-27(14-12-26)23(30)19-7-6-15-31-19/h6-9,15-16H,4-5,10-14H2,1-3H3. The summed E-state index contributed by atoms with van der Waals surface area (Å²) in [5, 5.41) is 0. The Morgan fingerprint density at radius 3 is 2.45 bits per heavy atom. The van der Waals surface area contributed by atoms with Crippen molar-refractivity contribution in [2.24, 2.45) is 0 Å². The number of carbonyl (C=O) groups excluding carboxylic acids is 2. The number of unbranched alkanes of at least 4 members (excludes halogenated alkanes) is 1. The molecule has 0 saturated carbocycles. The van der Waals surface area contributed by atoms with E-state index in [0.29, 0.717) is 37.5 Å². The number of furan rings is 1. The van der Waals surface area contributed by atoms with Crippen molar-refractivity contribution in [3.8, 4) is 0 Å². The number of fused-ring (bicyclic) bond motifs is 1. The smallest absolute Gasteiger partial charge is 0.289 e. The van der Waals surface area contributed by atoms with E-state index < -0.39 is 0 Å². The van der Waals surface area contributed by atoms with Crippen LogP contribution in [0.5, 0.6) is 0 Å². The van der Waals surface area contributed by atoms with Crippen molar-refractivity contribution in [2.45, 2.75) is 26.7 Å². The van der Waals surface area contributed by atoms with E-state index >= 15 is 0 Å². The summed E-state index contributed by atoms with van der Waals surface area (Å²) in [4.78, 5) is 36.0. The summed E-state index contributed by atoms with van der Waals surface area (Å²) in [5.41, 5.74) is 2.41. The lowest BCUT2D eigenvalue weighted by Gasteiger charge is -2.34. The van der Waals surface area contributed by atoms with Crippen LogP contribution in [0, 0.1) is 6.92 Å². The van der Waals surface area contributed by atoms with Crippen molar-refractivity contribution in [1.29, 1.82) is 0 Å². The molecule has 1 aliphatic rings. The molecule has 31 heavy (non-hydrogen) atoms. The zero-order valence-corrected chi connectivity index (χ0v) is 18.4. The third-order valence-corrected chi connectivity index (χ3v) is 5.80. The quantitative estimate of drug-likeness (QED) is 0.609. The van der Waals surface area contributed by atoms with Gasteiger partial charge in [-0.25, -0.2) is 4.98 Å². The monoisotopic (exact) mass is 423 g/mol. The molecule has 8 heteroatoms.